The van der Waals surface area contributed by atoms with Crippen LogP contribution in [0.3, 0.4) is 0 Å². The molecule has 0 aromatic heterocycles. The fraction of sp³-hybridized carbons (Fsp3) is 0.118. The number of amides is 1. The first-order valence-corrected chi connectivity index (χ1v) is 6.92. The fourth-order valence-corrected chi connectivity index (χ4v) is 2.24. The first-order valence-electron chi connectivity index (χ1n) is 9.05. The van der Waals surface area contributed by atoms with Crippen molar-refractivity contribution in [2.75, 3.05) is 5.32 Å². The van der Waals surface area contributed by atoms with Crippen molar-refractivity contribution in [2.45, 2.75) is 13.2 Å². The Balaban J connectivity index is 2.37. The molecule has 1 heterocycles. The first-order chi connectivity index (χ1) is 13.1. The van der Waals surface area contributed by atoms with Crippen LogP contribution in [0, 0.1) is 0 Å². The Morgan fingerprint density at radius 1 is 1.35 bits per heavy atom. The van der Waals surface area contributed by atoms with Crippen molar-refractivity contribution in [2.24, 2.45) is 4.99 Å². The lowest BCUT2D eigenvalue weighted by Gasteiger charge is -2.10. The lowest BCUT2D eigenvalue weighted by atomic mass is 10.0. The van der Waals surface area contributed by atoms with Gasteiger partial charge in [-0.05, 0) is 18.2 Å². The molecule has 23 heavy (non-hydrogen) atoms. The van der Waals surface area contributed by atoms with E-state index in [4.69, 9.17) is 23.2 Å². The quantitative estimate of drug-likeness (QED) is 0.859. The van der Waals surface area contributed by atoms with E-state index < -0.39 is 48.3 Å². The Bertz CT molecular complexity index is 1030. The van der Waals surface area contributed by atoms with E-state index in [1.165, 1.54) is 18.2 Å². The minimum absolute atomic E-state index is 0.112. The third-order valence-electron chi connectivity index (χ3n) is 2.98. The Morgan fingerprint density at radius 3 is 2.78 bits per heavy atom. The molecule has 1 atom stereocenters. The summed E-state index contributed by atoms with van der Waals surface area (Å²) in [5.41, 5.74) is 0.130. The summed E-state index contributed by atoms with van der Waals surface area (Å²) >= 11 is 6.06. The number of benzodiazepines with no additional fused rings is 1. The lowest BCUT2D eigenvalue weighted by molar-refractivity contribution is -0.151. The van der Waals surface area contributed by atoms with Gasteiger partial charge in [0.15, 0.2) is 0 Å². The highest BCUT2D eigenvalue weighted by Crippen LogP contribution is 2.27. The SMILES string of the molecule is [2H]c1c([2H])c([2H])c(C2=NC(OC(C)=O)C(=O)Nc3ccc(Cl)cc32)c([2H])c1[2H]. The van der Waals surface area contributed by atoms with Gasteiger partial charge in [0, 0.05) is 23.1 Å². The molecule has 0 bridgehead atoms. The molecule has 3 rings (SSSR count). The summed E-state index contributed by atoms with van der Waals surface area (Å²) in [5, 5.41) is 2.82. The van der Waals surface area contributed by atoms with Crippen LogP contribution in [0.15, 0.2) is 53.4 Å². The van der Waals surface area contributed by atoms with Gasteiger partial charge >= 0.3 is 5.97 Å². The van der Waals surface area contributed by atoms with Gasteiger partial charge in [-0.2, -0.15) is 0 Å². The van der Waals surface area contributed by atoms with Crippen molar-refractivity contribution >= 4 is 34.9 Å². The summed E-state index contributed by atoms with van der Waals surface area (Å²) in [5.74, 6) is -1.52. The van der Waals surface area contributed by atoms with Gasteiger partial charge in [-0.1, -0.05) is 41.8 Å². The van der Waals surface area contributed by atoms with E-state index in [1.54, 1.807) is 0 Å². The topological polar surface area (TPSA) is 67.8 Å². The monoisotopic (exact) mass is 333 g/mol. The third kappa shape index (κ3) is 3.24. The molecule has 0 spiro atoms. The number of ether oxygens (including phenoxy) is 1. The summed E-state index contributed by atoms with van der Waals surface area (Å²) in [6.07, 6.45) is -1.60. The maximum Gasteiger partial charge on any atom is 0.305 e. The Hall–Kier alpha value is -2.66. The Labute approximate surface area is 145 Å². The van der Waals surface area contributed by atoms with Crippen LogP contribution in [0.2, 0.25) is 5.02 Å². The highest BCUT2D eigenvalue weighted by molar-refractivity contribution is 6.32. The highest BCUT2D eigenvalue weighted by atomic mass is 35.5. The van der Waals surface area contributed by atoms with Gasteiger partial charge in [-0.25, -0.2) is 4.99 Å². The maximum atomic E-state index is 12.4. The molecule has 1 amide bonds. The Morgan fingerprint density at radius 2 is 2.09 bits per heavy atom. The summed E-state index contributed by atoms with van der Waals surface area (Å²) < 4.78 is 44.8. The van der Waals surface area contributed by atoms with E-state index in [9.17, 15) is 9.59 Å². The largest absolute Gasteiger partial charge is 0.430 e. The second-order valence-corrected chi connectivity index (χ2v) is 5.06. The summed E-state index contributed by atoms with van der Waals surface area (Å²) in [6.45, 7) is 1.10. The molecule has 0 aliphatic carbocycles. The molecular formula is C17H13ClN2O3. The van der Waals surface area contributed by atoms with Crippen LogP contribution >= 0.6 is 11.6 Å². The predicted octanol–water partition coefficient (Wildman–Crippen LogP) is 3.02. The van der Waals surface area contributed by atoms with E-state index in [2.05, 4.69) is 10.3 Å². The number of anilines is 1. The summed E-state index contributed by atoms with van der Waals surface area (Å²) in [7, 11) is 0. The third-order valence-corrected chi connectivity index (χ3v) is 3.21. The zero-order valence-electron chi connectivity index (χ0n) is 16.9. The first kappa shape index (κ1) is 10.2. The van der Waals surface area contributed by atoms with Crippen LogP contribution in [0.25, 0.3) is 0 Å². The van der Waals surface area contributed by atoms with Gasteiger partial charge in [0.05, 0.1) is 18.3 Å². The molecule has 0 radical (unpaired) electrons. The molecule has 116 valence electrons. The van der Waals surface area contributed by atoms with Crippen molar-refractivity contribution in [1.82, 2.24) is 0 Å². The zero-order chi connectivity index (χ0) is 20.7. The molecule has 1 unspecified atom stereocenters. The predicted molar refractivity (Wildman–Crippen MR) is 87.7 cm³/mol. The number of nitrogens with one attached hydrogen (secondary N) is 1. The summed E-state index contributed by atoms with van der Waals surface area (Å²) in [4.78, 5) is 27.9. The van der Waals surface area contributed by atoms with Gasteiger partial charge < -0.3 is 10.1 Å². The smallest absolute Gasteiger partial charge is 0.305 e. The van der Waals surface area contributed by atoms with Crippen LogP contribution in [-0.2, 0) is 14.3 Å². The molecule has 1 aliphatic rings. The van der Waals surface area contributed by atoms with E-state index in [-0.39, 0.29) is 27.5 Å². The standard InChI is InChI=1S/C17H13ClN2O3/c1-10(21)23-17-16(22)19-14-8-7-12(18)9-13(14)15(20-17)11-5-3-2-4-6-11/h2-9,17H,1H3,(H,19,22)/i2D,3D,4D,5D,6D. The number of hydrogen-bond donors (Lipinski definition) is 1. The Kier molecular flexibility index (Phi) is 2.75. The van der Waals surface area contributed by atoms with Crippen LogP contribution in [0.1, 0.15) is 24.9 Å². The average Bonchev–Trinajstić information content (AvgIpc) is 2.76. The fourth-order valence-electron chi connectivity index (χ4n) is 2.07. The number of fused-ring (bicyclic) bond motifs is 1. The van der Waals surface area contributed by atoms with Crippen molar-refractivity contribution in [3.05, 3.63) is 64.6 Å². The molecule has 1 aliphatic heterocycles. The molecular weight excluding hydrogens is 316 g/mol. The number of hydrogen-bond acceptors (Lipinski definition) is 4. The molecule has 2 aromatic carbocycles. The van der Waals surface area contributed by atoms with Crippen LogP contribution in [0.4, 0.5) is 5.69 Å². The van der Waals surface area contributed by atoms with Gasteiger partial charge in [-0.3, -0.25) is 9.59 Å². The van der Waals surface area contributed by atoms with Gasteiger partial charge in [0.2, 0.25) is 0 Å². The van der Waals surface area contributed by atoms with Gasteiger partial charge in [-0.15, -0.1) is 0 Å². The number of aliphatic imine (C=N–C) groups is 1. The molecule has 2 aromatic rings. The number of carbonyl (C=O) groups is 2. The van der Waals surface area contributed by atoms with E-state index >= 15 is 0 Å². The van der Waals surface area contributed by atoms with Crippen molar-refractivity contribution < 1.29 is 21.2 Å². The average molecular weight is 334 g/mol. The van der Waals surface area contributed by atoms with Crippen molar-refractivity contribution in [3.8, 4) is 0 Å². The number of carbonyl (C=O) groups excluding carboxylic acids is 2. The number of benzene rings is 2. The van der Waals surface area contributed by atoms with E-state index in [0.717, 1.165) is 6.92 Å². The molecule has 0 saturated heterocycles. The van der Waals surface area contributed by atoms with Crippen molar-refractivity contribution in [1.29, 1.82) is 0 Å². The van der Waals surface area contributed by atoms with E-state index in [0.29, 0.717) is 0 Å². The minimum atomic E-state index is -1.60. The van der Waals surface area contributed by atoms with E-state index in [1.807, 2.05) is 0 Å². The number of rotatable bonds is 2. The van der Waals surface area contributed by atoms with Crippen LogP contribution in [-0.4, -0.2) is 23.8 Å². The maximum absolute atomic E-state index is 12.4. The highest BCUT2D eigenvalue weighted by Gasteiger charge is 2.28. The molecule has 6 heteroatoms. The second kappa shape index (κ2) is 6.22. The summed E-state index contributed by atoms with van der Waals surface area (Å²) in [6, 6.07) is 1.73. The molecule has 0 saturated carbocycles. The molecule has 0 fully saturated rings. The number of nitrogens with zero attached hydrogens (tertiary/aromatic N) is 1. The minimum Gasteiger partial charge on any atom is -0.430 e. The zero-order valence-corrected chi connectivity index (χ0v) is 12.6. The number of halogens is 1. The van der Waals surface area contributed by atoms with Gasteiger partial charge in [0.25, 0.3) is 12.1 Å². The van der Waals surface area contributed by atoms with Crippen LogP contribution in [0.5, 0.6) is 0 Å². The number of esters is 1. The van der Waals surface area contributed by atoms with Gasteiger partial charge in [0.1, 0.15) is 0 Å². The lowest BCUT2D eigenvalue weighted by Crippen LogP contribution is -2.29. The molecule has 5 nitrogen and oxygen atoms in total. The van der Waals surface area contributed by atoms with Crippen molar-refractivity contribution in [3.63, 3.8) is 0 Å². The van der Waals surface area contributed by atoms with Crippen LogP contribution < -0.4 is 5.32 Å². The normalized spacial score (nSPS) is 19.7. The molecule has 1 N–H and O–H groups in total. The second-order valence-electron chi connectivity index (χ2n) is 4.62.